The quantitative estimate of drug-likeness (QED) is 0.842. The average Bonchev–Trinajstić information content (AvgIpc) is 2.39. The molecule has 1 amide bonds. The van der Waals surface area contributed by atoms with Gasteiger partial charge in [0, 0.05) is 22.2 Å². The van der Waals surface area contributed by atoms with E-state index in [-0.39, 0.29) is 25.5 Å². The number of amides is 1. The SMILES string of the molecule is O=C1COC(c2cc(Cl)cc(Cl)c2)=NN1CCC=C(F)F. The van der Waals surface area contributed by atoms with E-state index in [1.165, 1.54) is 0 Å². The molecule has 0 fully saturated rings. The summed E-state index contributed by atoms with van der Waals surface area (Å²) in [6.45, 7) is -0.178. The molecule has 1 aliphatic heterocycles. The lowest BCUT2D eigenvalue weighted by molar-refractivity contribution is -0.135. The molecule has 0 radical (unpaired) electrons. The molecule has 4 nitrogen and oxygen atoms in total. The molecule has 0 atom stereocenters. The Morgan fingerprint density at radius 3 is 2.62 bits per heavy atom. The van der Waals surface area contributed by atoms with Gasteiger partial charge in [-0.1, -0.05) is 23.2 Å². The van der Waals surface area contributed by atoms with Crippen molar-refractivity contribution in [2.24, 2.45) is 5.10 Å². The monoisotopic (exact) mass is 334 g/mol. The second-order valence-corrected chi connectivity index (χ2v) is 5.02. The number of carbonyl (C=O) groups is 1. The second-order valence-electron chi connectivity index (χ2n) is 4.15. The number of hydrogen-bond donors (Lipinski definition) is 0. The van der Waals surface area contributed by atoms with Crippen molar-refractivity contribution in [1.82, 2.24) is 5.01 Å². The van der Waals surface area contributed by atoms with E-state index < -0.39 is 12.0 Å². The summed E-state index contributed by atoms with van der Waals surface area (Å²) in [5.74, 6) is -0.233. The Balaban J connectivity index is 2.19. The van der Waals surface area contributed by atoms with Crippen molar-refractivity contribution in [2.45, 2.75) is 6.42 Å². The zero-order chi connectivity index (χ0) is 15.4. The van der Waals surface area contributed by atoms with Crippen LogP contribution >= 0.6 is 23.2 Å². The molecule has 0 aliphatic carbocycles. The van der Waals surface area contributed by atoms with Gasteiger partial charge in [-0.05, 0) is 30.7 Å². The Kier molecular flexibility index (Phi) is 5.14. The Morgan fingerprint density at radius 2 is 2.00 bits per heavy atom. The fraction of sp³-hybridized carbons (Fsp3) is 0.231. The summed E-state index contributed by atoms with van der Waals surface area (Å²) >= 11 is 11.8. The van der Waals surface area contributed by atoms with E-state index in [1.54, 1.807) is 18.2 Å². The molecule has 1 aromatic carbocycles. The molecule has 2 rings (SSSR count). The van der Waals surface area contributed by atoms with E-state index in [9.17, 15) is 13.6 Å². The summed E-state index contributed by atoms with van der Waals surface area (Å²) in [4.78, 5) is 11.6. The maximum absolute atomic E-state index is 12.0. The van der Waals surface area contributed by atoms with Crippen LogP contribution in [0.4, 0.5) is 8.78 Å². The van der Waals surface area contributed by atoms with Crippen LogP contribution in [0.3, 0.4) is 0 Å². The van der Waals surface area contributed by atoms with Crippen LogP contribution in [0.1, 0.15) is 12.0 Å². The Morgan fingerprint density at radius 1 is 1.33 bits per heavy atom. The first-order valence-corrected chi connectivity index (χ1v) is 6.70. The molecular weight excluding hydrogens is 325 g/mol. The van der Waals surface area contributed by atoms with Crippen LogP contribution in [0.25, 0.3) is 0 Å². The molecule has 112 valence electrons. The molecule has 0 saturated heterocycles. The van der Waals surface area contributed by atoms with Gasteiger partial charge < -0.3 is 4.74 Å². The van der Waals surface area contributed by atoms with Gasteiger partial charge in [0.2, 0.25) is 5.90 Å². The molecule has 21 heavy (non-hydrogen) atoms. The van der Waals surface area contributed by atoms with E-state index >= 15 is 0 Å². The first-order valence-electron chi connectivity index (χ1n) is 5.95. The molecule has 0 spiro atoms. The summed E-state index contributed by atoms with van der Waals surface area (Å²) in [5, 5.41) is 5.88. The van der Waals surface area contributed by atoms with Crippen molar-refractivity contribution in [3.63, 3.8) is 0 Å². The van der Waals surface area contributed by atoms with E-state index in [0.717, 1.165) is 11.1 Å². The van der Waals surface area contributed by atoms with E-state index in [2.05, 4.69) is 5.10 Å². The zero-order valence-electron chi connectivity index (χ0n) is 10.7. The molecule has 1 heterocycles. The molecule has 1 aromatic rings. The van der Waals surface area contributed by atoms with Crippen molar-refractivity contribution >= 4 is 35.0 Å². The van der Waals surface area contributed by atoms with Gasteiger partial charge in [-0.15, -0.1) is 5.10 Å². The number of ether oxygens (including phenoxy) is 1. The number of halogens is 4. The van der Waals surface area contributed by atoms with E-state index in [0.29, 0.717) is 15.6 Å². The van der Waals surface area contributed by atoms with Crippen molar-refractivity contribution in [1.29, 1.82) is 0 Å². The predicted molar refractivity (Wildman–Crippen MR) is 75.6 cm³/mol. The summed E-state index contributed by atoms with van der Waals surface area (Å²) in [6.07, 6.45) is -1.06. The number of rotatable bonds is 4. The summed E-state index contributed by atoms with van der Waals surface area (Å²) in [5.41, 5.74) is 0.511. The van der Waals surface area contributed by atoms with Gasteiger partial charge in [-0.3, -0.25) is 4.79 Å². The first-order chi connectivity index (χ1) is 9.95. The van der Waals surface area contributed by atoms with Gasteiger partial charge >= 0.3 is 0 Å². The molecule has 0 bridgehead atoms. The standard InChI is InChI=1S/C13H10Cl2F2N2O2/c14-9-4-8(5-10(15)6-9)13-18-19(12(20)7-21-13)3-1-2-11(16)17/h2,4-6H,1,3,7H2. The molecule has 0 saturated carbocycles. The zero-order valence-corrected chi connectivity index (χ0v) is 12.2. The Bertz CT molecular complexity index is 596. The van der Waals surface area contributed by atoms with Gasteiger partial charge in [0.05, 0.1) is 0 Å². The van der Waals surface area contributed by atoms with Crippen LogP contribution in [0, 0.1) is 0 Å². The lowest BCUT2D eigenvalue weighted by atomic mass is 10.2. The lowest BCUT2D eigenvalue weighted by Crippen LogP contribution is -2.37. The Hall–Kier alpha value is -1.66. The minimum Gasteiger partial charge on any atom is -0.466 e. The third kappa shape index (κ3) is 4.41. The molecule has 0 unspecified atom stereocenters. The van der Waals surface area contributed by atoms with Gasteiger partial charge in [-0.25, -0.2) is 5.01 Å². The Labute approximate surface area is 129 Å². The predicted octanol–water partition coefficient (Wildman–Crippen LogP) is 3.68. The van der Waals surface area contributed by atoms with Crippen LogP contribution < -0.4 is 0 Å². The number of benzene rings is 1. The molecule has 0 N–H and O–H groups in total. The van der Waals surface area contributed by atoms with Crippen LogP contribution in [0.5, 0.6) is 0 Å². The molecule has 1 aliphatic rings. The number of hydrazone groups is 1. The number of nitrogens with zero attached hydrogens (tertiary/aromatic N) is 2. The van der Waals surface area contributed by atoms with Gasteiger partial charge in [0.15, 0.2) is 6.61 Å². The normalized spacial score (nSPS) is 14.6. The highest BCUT2D eigenvalue weighted by atomic mass is 35.5. The molecule has 8 heteroatoms. The molecule has 0 aromatic heterocycles. The number of carbonyl (C=O) groups excluding carboxylic acids is 1. The van der Waals surface area contributed by atoms with E-state index in [1.807, 2.05) is 0 Å². The first kappa shape index (κ1) is 15.7. The minimum atomic E-state index is -1.79. The maximum Gasteiger partial charge on any atom is 0.280 e. The summed E-state index contributed by atoms with van der Waals surface area (Å²) in [6, 6.07) is 4.72. The highest BCUT2D eigenvalue weighted by molar-refractivity contribution is 6.35. The fourth-order valence-electron chi connectivity index (χ4n) is 1.69. The van der Waals surface area contributed by atoms with Crippen molar-refractivity contribution < 1.29 is 18.3 Å². The van der Waals surface area contributed by atoms with Crippen LogP contribution in [-0.2, 0) is 9.53 Å². The lowest BCUT2D eigenvalue weighted by Gasteiger charge is -2.23. The van der Waals surface area contributed by atoms with Gasteiger partial charge in [-0.2, -0.15) is 8.78 Å². The third-order valence-electron chi connectivity index (χ3n) is 2.58. The van der Waals surface area contributed by atoms with Crippen LogP contribution in [0.15, 0.2) is 35.5 Å². The highest BCUT2D eigenvalue weighted by Crippen LogP contribution is 2.21. The van der Waals surface area contributed by atoms with Gasteiger partial charge in [0.25, 0.3) is 12.0 Å². The highest BCUT2D eigenvalue weighted by Gasteiger charge is 2.22. The average molecular weight is 335 g/mol. The third-order valence-corrected chi connectivity index (χ3v) is 3.02. The van der Waals surface area contributed by atoms with Crippen molar-refractivity contribution in [3.05, 3.63) is 46.0 Å². The van der Waals surface area contributed by atoms with Crippen molar-refractivity contribution in [3.8, 4) is 0 Å². The summed E-state index contributed by atoms with van der Waals surface area (Å²) in [7, 11) is 0. The maximum atomic E-state index is 12.0. The number of hydrogen-bond acceptors (Lipinski definition) is 3. The summed E-state index contributed by atoms with van der Waals surface area (Å²) < 4.78 is 29.2. The fourth-order valence-corrected chi connectivity index (χ4v) is 2.21. The second kappa shape index (κ2) is 6.87. The van der Waals surface area contributed by atoms with Gasteiger partial charge in [0.1, 0.15) is 0 Å². The molecular formula is C13H10Cl2F2N2O2. The van der Waals surface area contributed by atoms with Crippen LogP contribution in [-0.4, -0.2) is 30.0 Å². The van der Waals surface area contributed by atoms with Crippen LogP contribution in [0.2, 0.25) is 10.0 Å². The van der Waals surface area contributed by atoms with Crippen molar-refractivity contribution in [2.75, 3.05) is 13.2 Å². The minimum absolute atomic E-state index is 0.00115. The topological polar surface area (TPSA) is 41.9 Å². The largest absolute Gasteiger partial charge is 0.466 e. The smallest absolute Gasteiger partial charge is 0.280 e. The van der Waals surface area contributed by atoms with E-state index in [4.69, 9.17) is 27.9 Å².